The van der Waals surface area contributed by atoms with Crippen molar-refractivity contribution >= 4 is 34.5 Å². The zero-order valence-corrected chi connectivity index (χ0v) is 11.9. The number of benzene rings is 1. The van der Waals surface area contributed by atoms with Crippen molar-refractivity contribution in [3.8, 4) is 5.75 Å². The van der Waals surface area contributed by atoms with E-state index in [1.54, 1.807) is 7.11 Å². The van der Waals surface area contributed by atoms with Crippen LogP contribution in [-0.4, -0.2) is 7.11 Å². The fraction of sp³-hybridized carbons (Fsp3) is 0.167. The predicted octanol–water partition coefficient (Wildman–Crippen LogP) is 3.62. The lowest BCUT2D eigenvalue weighted by atomic mass is 10.0. The van der Waals surface area contributed by atoms with Gasteiger partial charge in [-0.2, -0.15) is 0 Å². The molecule has 18 heavy (non-hydrogen) atoms. The van der Waals surface area contributed by atoms with E-state index in [0.717, 1.165) is 16.9 Å². The molecule has 3 N–H and O–H groups in total. The van der Waals surface area contributed by atoms with Crippen LogP contribution in [0.15, 0.2) is 30.3 Å². The number of rotatable bonds is 4. The molecule has 0 aliphatic heterocycles. The van der Waals surface area contributed by atoms with Gasteiger partial charge in [-0.1, -0.05) is 41.4 Å². The molecule has 0 aliphatic rings. The van der Waals surface area contributed by atoms with Crippen molar-refractivity contribution in [1.82, 2.24) is 5.43 Å². The number of thiophene rings is 1. The highest BCUT2D eigenvalue weighted by Crippen LogP contribution is 2.39. The largest absolute Gasteiger partial charge is 0.496 e. The monoisotopic (exact) mass is 302 g/mol. The first kappa shape index (κ1) is 13.6. The Balaban J connectivity index is 2.48. The van der Waals surface area contributed by atoms with E-state index in [-0.39, 0.29) is 6.04 Å². The van der Waals surface area contributed by atoms with E-state index in [1.807, 2.05) is 30.3 Å². The fourth-order valence-corrected chi connectivity index (χ4v) is 3.33. The maximum Gasteiger partial charge on any atom is 0.124 e. The van der Waals surface area contributed by atoms with Gasteiger partial charge < -0.3 is 4.74 Å². The van der Waals surface area contributed by atoms with Crippen LogP contribution in [0.2, 0.25) is 8.67 Å². The number of hydrazine groups is 1. The molecule has 1 aromatic heterocycles. The molecule has 6 heteroatoms. The first-order valence-corrected chi connectivity index (χ1v) is 6.78. The Morgan fingerprint density at radius 1 is 1.28 bits per heavy atom. The molecule has 1 aromatic carbocycles. The molecule has 1 unspecified atom stereocenters. The normalized spacial score (nSPS) is 12.4. The molecule has 0 saturated carbocycles. The Morgan fingerprint density at radius 2 is 2.00 bits per heavy atom. The topological polar surface area (TPSA) is 47.3 Å². The van der Waals surface area contributed by atoms with Crippen LogP contribution in [0.3, 0.4) is 0 Å². The maximum absolute atomic E-state index is 6.16. The van der Waals surface area contributed by atoms with Crippen molar-refractivity contribution in [3.05, 3.63) is 50.1 Å². The highest BCUT2D eigenvalue weighted by atomic mass is 35.5. The van der Waals surface area contributed by atoms with Gasteiger partial charge in [0.05, 0.1) is 21.8 Å². The molecule has 0 bridgehead atoms. The van der Waals surface area contributed by atoms with E-state index in [0.29, 0.717) is 8.67 Å². The van der Waals surface area contributed by atoms with Crippen LogP contribution >= 0.6 is 34.5 Å². The second-order valence-corrected chi connectivity index (χ2v) is 5.91. The van der Waals surface area contributed by atoms with E-state index in [4.69, 9.17) is 33.8 Å². The molecule has 0 saturated heterocycles. The van der Waals surface area contributed by atoms with Crippen LogP contribution in [0, 0.1) is 0 Å². The fourth-order valence-electron chi connectivity index (χ4n) is 1.80. The minimum absolute atomic E-state index is 0.252. The van der Waals surface area contributed by atoms with Gasteiger partial charge in [0.15, 0.2) is 0 Å². The average molecular weight is 303 g/mol. The van der Waals surface area contributed by atoms with Gasteiger partial charge in [-0.15, -0.1) is 11.3 Å². The highest BCUT2D eigenvalue weighted by molar-refractivity contribution is 7.20. The van der Waals surface area contributed by atoms with Crippen molar-refractivity contribution in [2.75, 3.05) is 7.11 Å². The first-order valence-electron chi connectivity index (χ1n) is 5.21. The smallest absolute Gasteiger partial charge is 0.124 e. The van der Waals surface area contributed by atoms with Gasteiger partial charge in [0.1, 0.15) is 5.75 Å². The minimum Gasteiger partial charge on any atom is -0.496 e. The molecule has 96 valence electrons. The van der Waals surface area contributed by atoms with Gasteiger partial charge >= 0.3 is 0 Å². The van der Waals surface area contributed by atoms with Crippen molar-refractivity contribution in [2.45, 2.75) is 6.04 Å². The van der Waals surface area contributed by atoms with Crippen molar-refractivity contribution in [2.24, 2.45) is 5.84 Å². The lowest BCUT2D eigenvalue weighted by Crippen LogP contribution is -2.29. The van der Waals surface area contributed by atoms with Crippen molar-refractivity contribution < 1.29 is 4.74 Å². The van der Waals surface area contributed by atoms with E-state index in [1.165, 1.54) is 11.3 Å². The van der Waals surface area contributed by atoms with Crippen LogP contribution in [0.25, 0.3) is 0 Å². The quantitative estimate of drug-likeness (QED) is 0.670. The van der Waals surface area contributed by atoms with E-state index in [9.17, 15) is 0 Å². The molecule has 0 aliphatic carbocycles. The van der Waals surface area contributed by atoms with E-state index < -0.39 is 0 Å². The SMILES string of the molecule is COc1ccccc1C(NN)c1cc(Cl)sc1Cl. The molecule has 3 nitrogen and oxygen atoms in total. The first-order chi connectivity index (χ1) is 8.67. The summed E-state index contributed by atoms with van der Waals surface area (Å²) < 4.78 is 6.58. The number of nitrogens with one attached hydrogen (secondary N) is 1. The molecular weight excluding hydrogens is 291 g/mol. The van der Waals surface area contributed by atoms with Crippen LogP contribution in [0.1, 0.15) is 17.2 Å². The van der Waals surface area contributed by atoms with E-state index in [2.05, 4.69) is 5.43 Å². The van der Waals surface area contributed by atoms with Crippen LogP contribution in [-0.2, 0) is 0 Å². The number of hydrogen-bond acceptors (Lipinski definition) is 4. The standard InChI is InChI=1S/C12H12Cl2N2OS/c1-17-9-5-3-2-4-7(9)11(16-15)8-6-10(13)18-12(8)14/h2-6,11,16H,15H2,1H3. The summed E-state index contributed by atoms with van der Waals surface area (Å²) in [5, 5.41) is 0. The number of methoxy groups -OCH3 is 1. The predicted molar refractivity (Wildman–Crippen MR) is 76.5 cm³/mol. The van der Waals surface area contributed by atoms with Gasteiger partial charge in [-0.25, -0.2) is 5.43 Å². The molecule has 0 fully saturated rings. The van der Waals surface area contributed by atoms with E-state index >= 15 is 0 Å². The number of hydrogen-bond donors (Lipinski definition) is 2. The molecule has 1 atom stereocenters. The van der Waals surface area contributed by atoms with Crippen molar-refractivity contribution in [3.63, 3.8) is 0 Å². The summed E-state index contributed by atoms with van der Waals surface area (Å²) in [6.45, 7) is 0. The third kappa shape index (κ3) is 2.63. The molecule has 2 rings (SSSR count). The van der Waals surface area contributed by atoms with Gasteiger partial charge in [0.2, 0.25) is 0 Å². The molecular formula is C12H12Cl2N2OS. The molecule has 0 radical (unpaired) electrons. The van der Waals surface area contributed by atoms with Gasteiger partial charge in [0.25, 0.3) is 0 Å². The Kier molecular flexibility index (Phi) is 4.48. The molecule has 1 heterocycles. The van der Waals surface area contributed by atoms with Crippen LogP contribution in [0.4, 0.5) is 0 Å². The summed E-state index contributed by atoms with van der Waals surface area (Å²) in [5.74, 6) is 6.38. The highest BCUT2D eigenvalue weighted by Gasteiger charge is 2.21. The summed E-state index contributed by atoms with van der Waals surface area (Å²) >= 11 is 13.4. The maximum atomic E-state index is 6.16. The Labute approximate surface area is 119 Å². The van der Waals surface area contributed by atoms with Crippen LogP contribution < -0.4 is 16.0 Å². The zero-order chi connectivity index (χ0) is 13.1. The lowest BCUT2D eigenvalue weighted by Gasteiger charge is -2.18. The van der Waals surface area contributed by atoms with Crippen LogP contribution in [0.5, 0.6) is 5.75 Å². The zero-order valence-electron chi connectivity index (χ0n) is 9.61. The van der Waals surface area contributed by atoms with Gasteiger partial charge in [-0.3, -0.25) is 5.84 Å². The van der Waals surface area contributed by atoms with Gasteiger partial charge in [-0.05, 0) is 12.1 Å². The Morgan fingerprint density at radius 3 is 2.56 bits per heavy atom. The second kappa shape index (κ2) is 5.91. The average Bonchev–Trinajstić information content (AvgIpc) is 2.70. The van der Waals surface area contributed by atoms with Gasteiger partial charge in [0, 0.05) is 11.1 Å². The number of halogens is 2. The Hall–Kier alpha value is -0.780. The lowest BCUT2D eigenvalue weighted by molar-refractivity contribution is 0.404. The molecule has 0 amide bonds. The Bertz CT molecular complexity index is 545. The summed E-state index contributed by atoms with van der Waals surface area (Å²) in [7, 11) is 1.62. The summed E-state index contributed by atoms with van der Waals surface area (Å²) in [4.78, 5) is 0. The second-order valence-electron chi connectivity index (χ2n) is 3.62. The number of para-hydroxylation sites is 1. The minimum atomic E-state index is -0.252. The van der Waals surface area contributed by atoms with Crippen molar-refractivity contribution in [1.29, 1.82) is 0 Å². The summed E-state index contributed by atoms with van der Waals surface area (Å²) in [5.41, 5.74) is 4.51. The third-order valence-corrected chi connectivity index (χ3v) is 4.13. The molecule has 0 spiro atoms. The number of ether oxygens (including phenoxy) is 1. The summed E-state index contributed by atoms with van der Waals surface area (Å²) in [6.07, 6.45) is 0. The summed E-state index contributed by atoms with van der Waals surface area (Å²) in [6, 6.07) is 9.19. The number of nitrogens with two attached hydrogens (primary N) is 1. The molecule has 2 aromatic rings. The third-order valence-electron chi connectivity index (χ3n) is 2.61.